The van der Waals surface area contributed by atoms with E-state index in [1.807, 2.05) is 0 Å². The standard InChI is InChI=1S/C10H10F2O2/c1-6(13)4-10(14)8-5-7(11)2-3-9(8)12/h2-3,5,10,14H,4H2,1H3/t10-/m1/s1. The number of Topliss-reactive ketones (excluding diaryl/α,β-unsaturated/α-hetero) is 1. The van der Waals surface area contributed by atoms with E-state index < -0.39 is 17.7 Å². The molecule has 1 atom stereocenters. The van der Waals surface area contributed by atoms with Crippen LogP contribution in [-0.2, 0) is 4.79 Å². The molecule has 4 heteroatoms. The first-order chi connectivity index (χ1) is 6.50. The number of aliphatic hydroxyl groups excluding tert-OH is 1. The van der Waals surface area contributed by atoms with Gasteiger partial charge in [0.2, 0.25) is 0 Å². The van der Waals surface area contributed by atoms with Crippen LogP contribution < -0.4 is 0 Å². The topological polar surface area (TPSA) is 37.3 Å². The third kappa shape index (κ3) is 2.60. The molecular weight excluding hydrogens is 190 g/mol. The molecule has 1 aromatic carbocycles. The first-order valence-corrected chi connectivity index (χ1v) is 4.13. The molecule has 0 aliphatic carbocycles. The number of rotatable bonds is 3. The summed E-state index contributed by atoms with van der Waals surface area (Å²) >= 11 is 0. The van der Waals surface area contributed by atoms with E-state index in [-0.39, 0.29) is 17.8 Å². The summed E-state index contributed by atoms with van der Waals surface area (Å²) in [5, 5.41) is 9.37. The highest BCUT2D eigenvalue weighted by molar-refractivity contribution is 5.76. The molecule has 2 nitrogen and oxygen atoms in total. The van der Waals surface area contributed by atoms with Gasteiger partial charge in [0.25, 0.3) is 0 Å². The Morgan fingerprint density at radius 3 is 2.71 bits per heavy atom. The van der Waals surface area contributed by atoms with Gasteiger partial charge in [0.15, 0.2) is 0 Å². The fraction of sp³-hybridized carbons (Fsp3) is 0.300. The second-order valence-electron chi connectivity index (χ2n) is 3.09. The maximum Gasteiger partial charge on any atom is 0.132 e. The van der Waals surface area contributed by atoms with Crippen molar-refractivity contribution in [2.24, 2.45) is 0 Å². The number of hydrogen-bond acceptors (Lipinski definition) is 2. The number of benzene rings is 1. The van der Waals surface area contributed by atoms with E-state index in [0.717, 1.165) is 18.2 Å². The minimum atomic E-state index is -1.27. The van der Waals surface area contributed by atoms with Gasteiger partial charge in [-0.25, -0.2) is 8.78 Å². The summed E-state index contributed by atoms with van der Waals surface area (Å²) in [7, 11) is 0. The van der Waals surface area contributed by atoms with Crippen LogP contribution in [0.3, 0.4) is 0 Å². The summed E-state index contributed by atoms with van der Waals surface area (Å²) in [5.41, 5.74) is -0.180. The Hall–Kier alpha value is -1.29. The minimum Gasteiger partial charge on any atom is -0.388 e. The average molecular weight is 200 g/mol. The lowest BCUT2D eigenvalue weighted by Gasteiger charge is -2.09. The third-order valence-electron chi connectivity index (χ3n) is 1.80. The van der Waals surface area contributed by atoms with Gasteiger partial charge in [0, 0.05) is 12.0 Å². The molecule has 1 aromatic rings. The minimum absolute atomic E-state index is 0.180. The van der Waals surface area contributed by atoms with Gasteiger partial charge in [-0.2, -0.15) is 0 Å². The molecule has 14 heavy (non-hydrogen) atoms. The van der Waals surface area contributed by atoms with E-state index >= 15 is 0 Å². The van der Waals surface area contributed by atoms with Crippen molar-refractivity contribution in [2.45, 2.75) is 19.4 Å². The lowest BCUT2D eigenvalue weighted by molar-refractivity contribution is -0.118. The molecule has 0 heterocycles. The summed E-state index contributed by atoms with van der Waals surface area (Å²) in [6, 6.07) is 2.77. The van der Waals surface area contributed by atoms with Gasteiger partial charge in [-0.1, -0.05) is 0 Å². The van der Waals surface area contributed by atoms with E-state index in [0.29, 0.717) is 0 Å². The van der Waals surface area contributed by atoms with Gasteiger partial charge >= 0.3 is 0 Å². The molecule has 1 rings (SSSR count). The molecule has 0 unspecified atom stereocenters. The molecule has 0 amide bonds. The van der Waals surface area contributed by atoms with Crippen LogP contribution >= 0.6 is 0 Å². The summed E-state index contributed by atoms with van der Waals surface area (Å²) in [4.78, 5) is 10.6. The summed E-state index contributed by atoms with van der Waals surface area (Å²) in [5.74, 6) is -1.62. The maximum absolute atomic E-state index is 13.0. The Balaban J connectivity index is 2.93. The fourth-order valence-electron chi connectivity index (χ4n) is 1.15. The van der Waals surface area contributed by atoms with E-state index in [1.54, 1.807) is 0 Å². The summed E-state index contributed by atoms with van der Waals surface area (Å²) in [6.45, 7) is 1.28. The van der Waals surface area contributed by atoms with E-state index in [1.165, 1.54) is 6.92 Å². The van der Waals surface area contributed by atoms with Crippen molar-refractivity contribution in [3.05, 3.63) is 35.4 Å². The normalized spacial score (nSPS) is 12.6. The van der Waals surface area contributed by atoms with Gasteiger partial charge in [0.1, 0.15) is 17.4 Å². The molecule has 0 radical (unpaired) electrons. The van der Waals surface area contributed by atoms with Crippen molar-refractivity contribution >= 4 is 5.78 Å². The molecule has 0 spiro atoms. The third-order valence-corrected chi connectivity index (χ3v) is 1.80. The molecule has 0 aliphatic rings. The fourth-order valence-corrected chi connectivity index (χ4v) is 1.15. The maximum atomic E-state index is 13.0. The Morgan fingerprint density at radius 2 is 2.14 bits per heavy atom. The van der Waals surface area contributed by atoms with Gasteiger partial charge in [-0.15, -0.1) is 0 Å². The zero-order valence-corrected chi connectivity index (χ0v) is 7.63. The lowest BCUT2D eigenvalue weighted by atomic mass is 10.0. The zero-order chi connectivity index (χ0) is 10.7. The van der Waals surface area contributed by atoms with Crippen LogP contribution in [0.5, 0.6) is 0 Å². The Bertz CT molecular complexity index is 350. The van der Waals surface area contributed by atoms with E-state index in [4.69, 9.17) is 0 Å². The van der Waals surface area contributed by atoms with E-state index in [2.05, 4.69) is 0 Å². The van der Waals surface area contributed by atoms with Crippen molar-refractivity contribution < 1.29 is 18.7 Å². The van der Waals surface area contributed by atoms with Crippen molar-refractivity contribution in [2.75, 3.05) is 0 Å². The lowest BCUT2D eigenvalue weighted by Crippen LogP contribution is -2.05. The highest BCUT2D eigenvalue weighted by atomic mass is 19.1. The van der Waals surface area contributed by atoms with Crippen LogP contribution in [0.1, 0.15) is 25.0 Å². The Kier molecular flexibility index (Phi) is 3.30. The van der Waals surface area contributed by atoms with Crippen LogP contribution in [0.2, 0.25) is 0 Å². The zero-order valence-electron chi connectivity index (χ0n) is 7.63. The number of carbonyl (C=O) groups is 1. The Morgan fingerprint density at radius 1 is 1.50 bits per heavy atom. The molecule has 1 N–H and O–H groups in total. The monoisotopic (exact) mass is 200 g/mol. The molecule has 76 valence electrons. The van der Waals surface area contributed by atoms with Gasteiger partial charge in [-0.05, 0) is 25.1 Å². The van der Waals surface area contributed by atoms with Gasteiger partial charge in [-0.3, -0.25) is 4.79 Å². The van der Waals surface area contributed by atoms with Crippen LogP contribution in [-0.4, -0.2) is 10.9 Å². The van der Waals surface area contributed by atoms with Crippen molar-refractivity contribution in [3.63, 3.8) is 0 Å². The molecule has 0 fully saturated rings. The van der Waals surface area contributed by atoms with Gasteiger partial charge < -0.3 is 5.11 Å². The van der Waals surface area contributed by atoms with E-state index in [9.17, 15) is 18.7 Å². The Labute approximate surface area is 80.2 Å². The second kappa shape index (κ2) is 4.28. The summed E-state index contributed by atoms with van der Waals surface area (Å²) < 4.78 is 25.7. The number of aliphatic hydroxyl groups is 1. The molecule has 0 bridgehead atoms. The molecule has 0 saturated carbocycles. The first-order valence-electron chi connectivity index (χ1n) is 4.13. The van der Waals surface area contributed by atoms with Crippen LogP contribution in [0.15, 0.2) is 18.2 Å². The predicted molar refractivity (Wildman–Crippen MR) is 46.6 cm³/mol. The number of hydrogen-bond donors (Lipinski definition) is 1. The predicted octanol–water partition coefficient (Wildman–Crippen LogP) is 1.98. The van der Waals surface area contributed by atoms with Crippen LogP contribution in [0.25, 0.3) is 0 Å². The molecular formula is C10H10F2O2. The smallest absolute Gasteiger partial charge is 0.132 e. The number of carbonyl (C=O) groups excluding carboxylic acids is 1. The van der Waals surface area contributed by atoms with Crippen LogP contribution in [0.4, 0.5) is 8.78 Å². The highest BCUT2D eigenvalue weighted by Gasteiger charge is 2.15. The quantitative estimate of drug-likeness (QED) is 0.809. The number of halogens is 2. The van der Waals surface area contributed by atoms with Crippen molar-refractivity contribution in [1.82, 2.24) is 0 Å². The second-order valence-corrected chi connectivity index (χ2v) is 3.09. The van der Waals surface area contributed by atoms with Crippen molar-refractivity contribution in [3.8, 4) is 0 Å². The first kappa shape index (κ1) is 10.8. The molecule has 0 aliphatic heterocycles. The highest BCUT2D eigenvalue weighted by Crippen LogP contribution is 2.21. The van der Waals surface area contributed by atoms with Crippen LogP contribution in [0, 0.1) is 11.6 Å². The largest absolute Gasteiger partial charge is 0.388 e. The van der Waals surface area contributed by atoms with Crippen molar-refractivity contribution in [1.29, 1.82) is 0 Å². The summed E-state index contributed by atoms with van der Waals surface area (Å²) in [6.07, 6.45) is -1.48. The SMILES string of the molecule is CC(=O)C[C@@H](O)c1cc(F)ccc1F. The molecule has 0 aromatic heterocycles. The molecule has 0 saturated heterocycles. The van der Waals surface area contributed by atoms with Gasteiger partial charge in [0.05, 0.1) is 6.10 Å². The number of ketones is 1. The average Bonchev–Trinajstić information content (AvgIpc) is 2.08.